The van der Waals surface area contributed by atoms with Crippen molar-refractivity contribution in [2.45, 2.75) is 80.1 Å². The van der Waals surface area contributed by atoms with E-state index in [9.17, 15) is 16.8 Å². The zero-order valence-corrected chi connectivity index (χ0v) is 37.7. The van der Waals surface area contributed by atoms with Gasteiger partial charge in [-0.15, -0.1) is 0 Å². The van der Waals surface area contributed by atoms with Gasteiger partial charge < -0.3 is 4.74 Å². The summed E-state index contributed by atoms with van der Waals surface area (Å²) in [7, 11) is -6.15. The monoisotopic (exact) mass is 894 g/mol. The van der Waals surface area contributed by atoms with Crippen LogP contribution in [0.4, 0.5) is 8.78 Å². The molecule has 0 radical (unpaired) electrons. The minimum absolute atomic E-state index is 0.0337. The molecule has 62 heavy (non-hydrogen) atoms. The molecule has 322 valence electrons. The Kier molecular flexibility index (Phi) is 11.7. The van der Waals surface area contributed by atoms with Gasteiger partial charge in [-0.1, -0.05) is 92.2 Å². The first-order valence-electron chi connectivity index (χ1n) is 20.4. The second-order valence-corrected chi connectivity index (χ2v) is 22.2. The number of sulfone groups is 1. The van der Waals surface area contributed by atoms with Gasteiger partial charge in [0.25, 0.3) is 10.0 Å². The van der Waals surface area contributed by atoms with Crippen LogP contribution < -0.4 is 4.74 Å². The van der Waals surface area contributed by atoms with Crippen LogP contribution in [0.25, 0.3) is 22.3 Å². The van der Waals surface area contributed by atoms with Crippen molar-refractivity contribution in [1.29, 1.82) is 0 Å². The molecule has 0 saturated heterocycles. The number of hydrogen-bond acceptors (Lipinski definition) is 8. The van der Waals surface area contributed by atoms with Gasteiger partial charge in [-0.25, -0.2) is 39.3 Å². The first-order valence-corrected chi connectivity index (χ1v) is 24.5. The third-order valence-corrected chi connectivity index (χ3v) is 16.6. The number of aryl methyl sites for hydroxylation is 3. The molecule has 3 heterocycles. The lowest BCUT2D eigenvalue weighted by Crippen LogP contribution is -2.29. The molecule has 2 aromatic heterocycles. The maximum Gasteiger partial charge on any atom is 0.268 e. The molecule has 0 spiro atoms. The topological polar surface area (TPSA) is 113 Å². The number of aromatic nitrogens is 4. The quantitative estimate of drug-likeness (QED) is 0.162. The fourth-order valence-corrected chi connectivity index (χ4v) is 12.7. The van der Waals surface area contributed by atoms with Crippen LogP contribution in [0.1, 0.15) is 68.1 Å². The van der Waals surface area contributed by atoms with E-state index in [4.69, 9.17) is 14.8 Å². The largest absolute Gasteiger partial charge is 0.489 e. The summed E-state index contributed by atoms with van der Waals surface area (Å²) in [6.45, 7) is 8.14. The van der Waals surface area contributed by atoms with Crippen LogP contribution in [0.3, 0.4) is 0 Å². The highest BCUT2D eigenvalue weighted by Gasteiger charge is 2.36. The van der Waals surface area contributed by atoms with E-state index in [0.717, 1.165) is 32.4 Å². The summed E-state index contributed by atoms with van der Waals surface area (Å²) in [5, 5.41) is 5.30. The molecule has 1 aliphatic heterocycles. The van der Waals surface area contributed by atoms with Crippen LogP contribution in [0, 0.1) is 24.0 Å². The Bertz CT molecular complexity index is 3020. The van der Waals surface area contributed by atoms with Crippen molar-refractivity contribution in [3.63, 3.8) is 0 Å². The number of hydrogen-bond donors (Lipinski definition) is 0. The summed E-state index contributed by atoms with van der Waals surface area (Å²) in [5.74, 6) is -0.282. The highest BCUT2D eigenvalue weighted by molar-refractivity contribution is 7.99. The van der Waals surface area contributed by atoms with Gasteiger partial charge in [0.1, 0.15) is 24.0 Å². The average Bonchev–Trinajstić information content (AvgIpc) is 3.84. The molecule has 8 rings (SSSR count). The van der Waals surface area contributed by atoms with E-state index in [-0.39, 0.29) is 44.6 Å². The highest BCUT2D eigenvalue weighted by Crippen LogP contribution is 2.43. The number of nitrogens with zero attached hydrogens (tertiary/aromatic N) is 4. The van der Waals surface area contributed by atoms with E-state index in [1.807, 2.05) is 82.3 Å². The normalized spacial score (nSPS) is 18.1. The fourth-order valence-electron chi connectivity index (χ4n) is 8.35. The van der Waals surface area contributed by atoms with Crippen molar-refractivity contribution in [3.05, 3.63) is 155 Å². The Labute approximate surface area is 366 Å². The zero-order chi connectivity index (χ0) is 44.0. The Morgan fingerprint density at radius 2 is 1.63 bits per heavy atom. The molecule has 9 nitrogen and oxygen atoms in total. The smallest absolute Gasteiger partial charge is 0.268 e. The lowest BCUT2D eigenvalue weighted by atomic mass is 9.75. The molecular formula is C48H48F2N4O5S3. The molecule has 1 unspecified atom stereocenters. The zero-order valence-electron chi connectivity index (χ0n) is 35.2. The van der Waals surface area contributed by atoms with Gasteiger partial charge in [-0.3, -0.25) is 0 Å². The summed E-state index contributed by atoms with van der Waals surface area (Å²) in [4.78, 5) is 5.63. The van der Waals surface area contributed by atoms with Crippen LogP contribution in [0.5, 0.6) is 5.75 Å². The summed E-state index contributed by atoms with van der Waals surface area (Å²) in [5.41, 5.74) is 1.96. The summed E-state index contributed by atoms with van der Waals surface area (Å²) >= 11 is 1.02. The molecule has 1 aliphatic rings. The lowest BCUT2D eigenvalue weighted by molar-refractivity contribution is 0.304. The van der Waals surface area contributed by atoms with Crippen LogP contribution in [0.15, 0.2) is 130 Å². The van der Waals surface area contributed by atoms with Gasteiger partial charge in [-0.05, 0) is 104 Å². The molecule has 5 aromatic carbocycles. The molecule has 7 aromatic rings. The van der Waals surface area contributed by atoms with E-state index in [1.54, 1.807) is 36.0 Å². The number of fused-ring (bicyclic) bond motifs is 8. The van der Waals surface area contributed by atoms with E-state index >= 15 is 8.78 Å². The van der Waals surface area contributed by atoms with Crippen LogP contribution in [-0.2, 0) is 45.4 Å². The van der Waals surface area contributed by atoms with Crippen LogP contribution >= 0.6 is 11.8 Å². The SMILES string of the molecule is Cc1ccc(S(=O)(=O)n2ccc3c4c(c(F)cc32)Sc2ccc(F)c(c2)-c2nc(nn2C)C(C)(c2cccc(OCc3ccccc3)c2)CCCC(C)(C)CS(=O)(=O)CC4)cc1. The van der Waals surface area contributed by atoms with Crippen molar-refractivity contribution in [3.8, 4) is 17.1 Å². The van der Waals surface area contributed by atoms with Crippen LogP contribution in [0.2, 0.25) is 0 Å². The van der Waals surface area contributed by atoms with E-state index in [2.05, 4.69) is 0 Å². The first kappa shape index (κ1) is 43.3. The lowest BCUT2D eigenvalue weighted by Gasteiger charge is -2.30. The second kappa shape index (κ2) is 16.8. The summed E-state index contributed by atoms with van der Waals surface area (Å²) < 4.78 is 97.3. The molecule has 0 aliphatic carbocycles. The summed E-state index contributed by atoms with van der Waals surface area (Å²) in [6, 6.07) is 31.2. The molecule has 1 atom stereocenters. The number of benzene rings is 5. The van der Waals surface area contributed by atoms with Gasteiger partial charge in [0, 0.05) is 29.6 Å². The highest BCUT2D eigenvalue weighted by atomic mass is 32.2. The van der Waals surface area contributed by atoms with Crippen molar-refractivity contribution >= 4 is 42.5 Å². The molecule has 0 amide bonds. The van der Waals surface area contributed by atoms with E-state index < -0.39 is 42.3 Å². The predicted molar refractivity (Wildman–Crippen MR) is 240 cm³/mol. The minimum atomic E-state index is -4.14. The van der Waals surface area contributed by atoms with Gasteiger partial charge in [0.15, 0.2) is 21.5 Å². The van der Waals surface area contributed by atoms with Gasteiger partial charge in [0.05, 0.1) is 37.8 Å². The van der Waals surface area contributed by atoms with Crippen molar-refractivity contribution in [2.24, 2.45) is 12.5 Å². The summed E-state index contributed by atoms with van der Waals surface area (Å²) in [6.07, 6.45) is 3.00. The molecular weight excluding hydrogens is 847 g/mol. The van der Waals surface area contributed by atoms with Crippen LogP contribution in [-0.4, -0.2) is 47.1 Å². The van der Waals surface area contributed by atoms with Crippen molar-refractivity contribution in [1.82, 2.24) is 18.7 Å². The third-order valence-electron chi connectivity index (χ3n) is 11.7. The Morgan fingerprint density at radius 1 is 0.871 bits per heavy atom. The number of ether oxygens (including phenoxy) is 1. The molecule has 0 saturated carbocycles. The first-order chi connectivity index (χ1) is 29.4. The standard InChI is InChI=1S/C48H48F2N4O5S3/c1-32-15-18-37(19-16-32)62(57,58)54-25-21-38-39-22-26-61(55,56)31-47(2,3)23-10-24-48(4,34-13-9-14-35(27-34)59-30-33-11-7-6-8-12-33)46-51-45(53(5)52-46)40-28-36(17-20-41(40)49)60-44(39)42(50)29-43(38)54/h6-9,11-21,25,27-29H,10,22-24,26,30-31H2,1-5H3. The van der Waals surface area contributed by atoms with E-state index in [1.165, 1.54) is 36.5 Å². The Morgan fingerprint density at radius 3 is 2.39 bits per heavy atom. The Hall–Kier alpha value is -5.31. The predicted octanol–water partition coefficient (Wildman–Crippen LogP) is 10.5. The molecule has 0 N–H and O–H groups in total. The van der Waals surface area contributed by atoms with Crippen molar-refractivity contribution < 1.29 is 30.4 Å². The average molecular weight is 895 g/mol. The van der Waals surface area contributed by atoms with E-state index in [0.29, 0.717) is 53.3 Å². The Balaban J connectivity index is 1.23. The van der Waals surface area contributed by atoms with Gasteiger partial charge in [0.2, 0.25) is 0 Å². The van der Waals surface area contributed by atoms with Crippen molar-refractivity contribution in [2.75, 3.05) is 11.5 Å². The molecule has 0 fully saturated rings. The number of rotatable bonds is 6. The molecule has 4 bridgehead atoms. The van der Waals surface area contributed by atoms with Gasteiger partial charge in [-0.2, -0.15) is 5.10 Å². The minimum Gasteiger partial charge on any atom is -0.489 e. The third kappa shape index (κ3) is 8.82. The second-order valence-electron chi connectivity index (χ2n) is 17.1. The maximum atomic E-state index is 16.7. The number of halogens is 2. The van der Waals surface area contributed by atoms with Gasteiger partial charge >= 0.3 is 0 Å². The molecule has 14 heteroatoms. The fraction of sp³-hybridized carbons (Fsp3) is 0.292. The maximum absolute atomic E-state index is 16.7.